The van der Waals surface area contributed by atoms with Crippen LogP contribution in [-0.2, 0) is 20.0 Å². The number of benzene rings is 3. The average Bonchev–Trinajstić information content (AvgIpc) is 3.88. The molecule has 0 spiro atoms. The Morgan fingerprint density at radius 1 is 0.846 bits per heavy atom. The van der Waals surface area contributed by atoms with E-state index in [-0.39, 0.29) is 42.8 Å². The number of aryl methyl sites for hydroxylation is 1. The number of ether oxygens (including phenoxy) is 2. The van der Waals surface area contributed by atoms with Gasteiger partial charge in [0.05, 0.1) is 34.2 Å². The monoisotopic (exact) mass is 711 g/mol. The Kier molecular flexibility index (Phi) is 8.11. The van der Waals surface area contributed by atoms with Gasteiger partial charge in [0.25, 0.3) is 11.8 Å². The maximum Gasteiger partial charge on any atom is 0.265 e. The van der Waals surface area contributed by atoms with Crippen molar-refractivity contribution in [3.63, 3.8) is 0 Å². The third kappa shape index (κ3) is 5.39. The molecule has 1 atom stereocenters. The number of hydrogen-bond donors (Lipinski definition) is 1. The summed E-state index contributed by atoms with van der Waals surface area (Å²) in [5.41, 5.74) is 7.12. The van der Waals surface area contributed by atoms with E-state index in [9.17, 15) is 14.7 Å². The Morgan fingerprint density at radius 2 is 1.60 bits per heavy atom. The zero-order valence-electron chi connectivity index (χ0n) is 28.4. The first-order valence-corrected chi connectivity index (χ1v) is 16.8. The molecule has 0 saturated carbocycles. The number of phenols is 1. The quantitative estimate of drug-likeness (QED) is 0.195. The summed E-state index contributed by atoms with van der Waals surface area (Å²) in [4.78, 5) is 37.7. The van der Waals surface area contributed by atoms with Crippen LogP contribution in [0.25, 0.3) is 27.8 Å². The number of carbonyl (C=O) groups is 2. The lowest BCUT2D eigenvalue weighted by Gasteiger charge is -2.35. The minimum Gasteiger partial charge on any atom is -0.508 e. The molecule has 0 aliphatic carbocycles. The molecule has 4 aromatic heterocycles. The fourth-order valence-electron chi connectivity index (χ4n) is 7.34. The van der Waals surface area contributed by atoms with Crippen LogP contribution in [0.5, 0.6) is 17.2 Å². The molecule has 11 heteroatoms. The lowest BCUT2D eigenvalue weighted by Crippen LogP contribution is -2.42. The van der Waals surface area contributed by atoms with Gasteiger partial charge in [-0.2, -0.15) is 0 Å². The minimum absolute atomic E-state index is 0. The first-order valence-electron chi connectivity index (χ1n) is 16.8. The van der Waals surface area contributed by atoms with Crippen molar-refractivity contribution in [1.29, 1.82) is 0 Å². The fourth-order valence-corrected chi connectivity index (χ4v) is 7.34. The van der Waals surface area contributed by atoms with Crippen molar-refractivity contribution in [2.24, 2.45) is 7.05 Å². The molecule has 10 nitrogen and oxygen atoms in total. The number of phenolic OH excluding ortho intramolecular Hbond substituents is 1. The van der Waals surface area contributed by atoms with Crippen LogP contribution in [0.4, 0.5) is 11.4 Å². The van der Waals surface area contributed by atoms with Gasteiger partial charge in [-0.3, -0.25) is 14.5 Å². The van der Waals surface area contributed by atoms with E-state index in [1.807, 2.05) is 87.9 Å². The Morgan fingerprint density at radius 3 is 2.40 bits per heavy atom. The molecule has 2 amide bonds. The molecular formula is C41H34ClN5O5. The van der Waals surface area contributed by atoms with Crippen molar-refractivity contribution < 1.29 is 24.2 Å². The van der Waals surface area contributed by atoms with Gasteiger partial charge in [0.2, 0.25) is 6.79 Å². The first-order chi connectivity index (χ1) is 24.8. The van der Waals surface area contributed by atoms with E-state index < -0.39 is 0 Å². The Bertz CT molecular complexity index is 2520. The van der Waals surface area contributed by atoms with Gasteiger partial charge in [-0.1, -0.05) is 30.3 Å². The molecule has 0 fully saturated rings. The molecule has 2 aliphatic heterocycles. The summed E-state index contributed by atoms with van der Waals surface area (Å²) in [5.74, 6) is 0.697. The van der Waals surface area contributed by atoms with Gasteiger partial charge < -0.3 is 28.4 Å². The number of halogens is 1. The third-order valence-electron chi connectivity index (χ3n) is 9.95. The number of carbonyl (C=O) groups excluding carboxylic acids is 2. The summed E-state index contributed by atoms with van der Waals surface area (Å²) >= 11 is 0. The molecule has 7 aromatic rings. The van der Waals surface area contributed by atoms with Crippen molar-refractivity contribution in [1.82, 2.24) is 18.9 Å². The van der Waals surface area contributed by atoms with E-state index in [0.29, 0.717) is 57.3 Å². The smallest absolute Gasteiger partial charge is 0.265 e. The fraction of sp³-hybridized carbons (Fsp3) is 0.146. The van der Waals surface area contributed by atoms with Crippen molar-refractivity contribution in [2.45, 2.75) is 25.9 Å². The third-order valence-corrected chi connectivity index (χ3v) is 9.95. The number of nitrogens with zero attached hydrogens (tertiary/aromatic N) is 5. The topological polar surface area (TPSA) is 102 Å². The predicted molar refractivity (Wildman–Crippen MR) is 201 cm³/mol. The van der Waals surface area contributed by atoms with Crippen molar-refractivity contribution in [3.8, 4) is 28.5 Å². The van der Waals surface area contributed by atoms with Crippen molar-refractivity contribution in [2.75, 3.05) is 11.7 Å². The summed E-state index contributed by atoms with van der Waals surface area (Å²) in [6, 6.07) is 29.7. The molecule has 1 N–H and O–H groups in total. The molecule has 0 unspecified atom stereocenters. The first kappa shape index (κ1) is 32.9. The van der Waals surface area contributed by atoms with Crippen LogP contribution in [0.3, 0.4) is 0 Å². The molecule has 6 heterocycles. The maximum atomic E-state index is 14.9. The van der Waals surface area contributed by atoms with Gasteiger partial charge in [-0.05, 0) is 91.2 Å². The molecule has 3 aromatic carbocycles. The number of rotatable bonds is 5. The zero-order valence-corrected chi connectivity index (χ0v) is 29.2. The summed E-state index contributed by atoms with van der Waals surface area (Å²) in [6.07, 6.45) is 6.25. The van der Waals surface area contributed by atoms with Crippen LogP contribution in [0, 0.1) is 0 Å². The van der Waals surface area contributed by atoms with Gasteiger partial charge in [-0.15, -0.1) is 12.4 Å². The predicted octanol–water partition coefficient (Wildman–Crippen LogP) is 7.91. The second-order valence-corrected chi connectivity index (χ2v) is 13.1. The van der Waals surface area contributed by atoms with Gasteiger partial charge in [0.1, 0.15) is 11.4 Å². The minimum atomic E-state index is -0.303. The molecule has 260 valence electrons. The highest BCUT2D eigenvalue weighted by molar-refractivity contribution is 6.16. The number of anilines is 2. The van der Waals surface area contributed by atoms with Crippen molar-refractivity contribution in [3.05, 3.63) is 138 Å². The number of hydrogen-bond acceptors (Lipinski definition) is 6. The number of pyridine rings is 2. The summed E-state index contributed by atoms with van der Waals surface area (Å²) < 4.78 is 15.4. The van der Waals surface area contributed by atoms with E-state index >= 15 is 0 Å². The summed E-state index contributed by atoms with van der Waals surface area (Å²) in [6.45, 7) is 2.62. The van der Waals surface area contributed by atoms with E-state index in [0.717, 1.165) is 23.0 Å². The SMILES string of the molecule is C[C@@H]1Cc2ccccc2CN1C(=O)c1cc2c(cc1-c1cc(C(=O)N(c3ccc(O)cc3)c3cnc4c(ccn4C)c3)c3ccccn13)OCO2.Cl. The van der Waals surface area contributed by atoms with Crippen LogP contribution in [0.2, 0.25) is 0 Å². The van der Waals surface area contributed by atoms with E-state index in [1.54, 1.807) is 41.4 Å². The highest BCUT2D eigenvalue weighted by atomic mass is 35.5. The zero-order chi connectivity index (χ0) is 34.8. The lowest BCUT2D eigenvalue weighted by atomic mass is 9.93. The van der Waals surface area contributed by atoms with Crippen LogP contribution < -0.4 is 14.4 Å². The average molecular weight is 712 g/mol. The van der Waals surface area contributed by atoms with Gasteiger partial charge in [-0.25, -0.2) is 4.98 Å². The molecule has 0 saturated heterocycles. The van der Waals surface area contributed by atoms with Gasteiger partial charge >= 0.3 is 0 Å². The molecule has 0 radical (unpaired) electrons. The molecule has 2 aliphatic rings. The molecule has 9 rings (SSSR count). The summed E-state index contributed by atoms with van der Waals surface area (Å²) in [7, 11) is 1.92. The second-order valence-electron chi connectivity index (χ2n) is 13.1. The number of amides is 2. The Labute approximate surface area is 305 Å². The van der Waals surface area contributed by atoms with E-state index in [4.69, 9.17) is 9.47 Å². The van der Waals surface area contributed by atoms with Crippen molar-refractivity contribution >= 4 is 52.1 Å². The van der Waals surface area contributed by atoms with E-state index in [1.165, 1.54) is 5.56 Å². The normalized spacial score (nSPS) is 14.7. The highest BCUT2D eigenvalue weighted by Crippen LogP contribution is 2.42. The Hall–Kier alpha value is -6.26. The van der Waals surface area contributed by atoms with Gasteiger partial charge in [0.15, 0.2) is 11.5 Å². The van der Waals surface area contributed by atoms with Gasteiger partial charge in [0, 0.05) is 48.7 Å². The standard InChI is InChI=1S/C41H33N5O5.ClH/c1-25-17-26-7-3-4-8-28(26)23-45(25)40(48)33-21-38-37(50-24-51-38)20-32(33)36-19-34(35-9-5-6-15-44(35)36)41(49)46(29-10-12-31(47)13-11-29)30-18-27-14-16-43(2)39(27)42-22-30;/h3-16,18-22,25,47H,17,23-24H2,1-2H3;1H/t25-;/m1./s1. The largest absolute Gasteiger partial charge is 0.508 e. The van der Waals surface area contributed by atoms with Crippen LogP contribution in [0.1, 0.15) is 38.8 Å². The highest BCUT2D eigenvalue weighted by Gasteiger charge is 2.33. The number of aromatic nitrogens is 3. The second kappa shape index (κ2) is 12.8. The van der Waals surface area contributed by atoms with Crippen LogP contribution >= 0.6 is 12.4 Å². The van der Waals surface area contributed by atoms with Crippen LogP contribution in [0.15, 0.2) is 116 Å². The molecular weight excluding hydrogens is 678 g/mol. The Balaban J connectivity index is 0.00000387. The number of fused-ring (bicyclic) bond motifs is 4. The van der Waals surface area contributed by atoms with E-state index in [2.05, 4.69) is 24.0 Å². The molecule has 52 heavy (non-hydrogen) atoms. The maximum absolute atomic E-state index is 14.9. The number of aromatic hydroxyl groups is 1. The lowest BCUT2D eigenvalue weighted by molar-refractivity contribution is 0.0658. The van der Waals surface area contributed by atoms with Crippen LogP contribution in [-0.4, -0.2) is 48.6 Å². The molecule has 0 bridgehead atoms. The summed E-state index contributed by atoms with van der Waals surface area (Å²) in [5, 5.41) is 11.0.